The number of carbonyl (C=O) groups is 2. The van der Waals surface area contributed by atoms with E-state index in [-0.39, 0.29) is 18.5 Å². The van der Waals surface area contributed by atoms with E-state index in [4.69, 9.17) is 4.74 Å². The van der Waals surface area contributed by atoms with Gasteiger partial charge in [0, 0.05) is 6.92 Å². The fourth-order valence-corrected chi connectivity index (χ4v) is 1.62. The molecule has 5 heteroatoms. The second kappa shape index (κ2) is 7.33. The van der Waals surface area contributed by atoms with Crippen LogP contribution < -0.4 is 5.48 Å². The van der Waals surface area contributed by atoms with Crippen LogP contribution in [0.3, 0.4) is 0 Å². The summed E-state index contributed by atoms with van der Waals surface area (Å²) in [6, 6.07) is 5.50. The molecule has 0 atom stereocenters. The number of esters is 1. The molecule has 0 radical (unpaired) electrons. The van der Waals surface area contributed by atoms with Crippen LogP contribution in [0.4, 0.5) is 0 Å². The van der Waals surface area contributed by atoms with Crippen molar-refractivity contribution in [3.05, 3.63) is 41.0 Å². The number of hydrogen-bond donors (Lipinski definition) is 1. The van der Waals surface area contributed by atoms with Crippen molar-refractivity contribution < 1.29 is 19.2 Å². The van der Waals surface area contributed by atoms with Gasteiger partial charge < -0.3 is 4.74 Å². The van der Waals surface area contributed by atoms with E-state index < -0.39 is 0 Å². The van der Waals surface area contributed by atoms with Crippen LogP contribution in [0.5, 0.6) is 0 Å². The maximum atomic E-state index is 11.9. The average Bonchev–Trinajstić information content (AvgIpc) is 2.34. The normalized spacial score (nSPS) is 10.5. The summed E-state index contributed by atoms with van der Waals surface area (Å²) >= 11 is 0. The van der Waals surface area contributed by atoms with Gasteiger partial charge in [0.05, 0.1) is 12.7 Å². The monoisotopic (exact) mass is 263 g/mol. The highest BCUT2D eigenvalue weighted by molar-refractivity contribution is 5.98. The molecule has 0 heterocycles. The van der Waals surface area contributed by atoms with Crippen molar-refractivity contribution in [3.8, 4) is 0 Å². The number of nitrogens with one attached hydrogen (secondary N) is 1. The van der Waals surface area contributed by atoms with Gasteiger partial charge in [0.25, 0.3) is 5.91 Å². The van der Waals surface area contributed by atoms with Crippen molar-refractivity contribution in [3.63, 3.8) is 0 Å². The highest BCUT2D eigenvalue weighted by Gasteiger charge is 2.12. The second-order valence-corrected chi connectivity index (χ2v) is 3.88. The SMILES string of the molecule is CONC(=O)c1c(C)cccc1/C=C/COC(C)=O. The summed E-state index contributed by atoms with van der Waals surface area (Å²) in [4.78, 5) is 27.1. The summed E-state index contributed by atoms with van der Waals surface area (Å²) in [6.07, 6.45) is 3.42. The van der Waals surface area contributed by atoms with Crippen molar-refractivity contribution in [2.75, 3.05) is 13.7 Å². The number of ether oxygens (including phenoxy) is 1. The standard InChI is InChI=1S/C14H17NO4/c1-10-6-4-7-12(8-5-9-19-11(2)16)13(10)14(17)15-18-3/h4-8H,9H2,1-3H3,(H,15,17)/b8-5+. The molecular formula is C14H17NO4. The molecular weight excluding hydrogens is 246 g/mol. The van der Waals surface area contributed by atoms with E-state index in [0.29, 0.717) is 5.56 Å². The van der Waals surface area contributed by atoms with E-state index in [1.165, 1.54) is 14.0 Å². The van der Waals surface area contributed by atoms with Gasteiger partial charge in [-0.05, 0) is 24.1 Å². The first-order valence-electron chi connectivity index (χ1n) is 5.79. The minimum absolute atomic E-state index is 0.175. The maximum absolute atomic E-state index is 11.9. The number of amides is 1. The Bertz CT molecular complexity index is 494. The zero-order valence-corrected chi connectivity index (χ0v) is 11.2. The molecule has 0 aliphatic rings. The van der Waals surface area contributed by atoms with Crippen molar-refractivity contribution in [1.82, 2.24) is 5.48 Å². The molecule has 1 amide bonds. The molecule has 0 saturated carbocycles. The minimum Gasteiger partial charge on any atom is -0.462 e. The number of carbonyl (C=O) groups excluding carboxylic acids is 2. The third-order valence-electron chi connectivity index (χ3n) is 2.41. The smallest absolute Gasteiger partial charge is 0.302 e. The van der Waals surface area contributed by atoms with Crippen LogP contribution in [0.2, 0.25) is 0 Å². The Morgan fingerprint density at radius 2 is 2.11 bits per heavy atom. The Hall–Kier alpha value is -2.14. The number of benzene rings is 1. The Balaban J connectivity index is 2.91. The van der Waals surface area contributed by atoms with Gasteiger partial charge in [0.15, 0.2) is 0 Å². The number of hydroxylamine groups is 1. The molecule has 5 nitrogen and oxygen atoms in total. The zero-order valence-electron chi connectivity index (χ0n) is 11.2. The molecule has 1 N–H and O–H groups in total. The lowest BCUT2D eigenvalue weighted by molar-refractivity contribution is -0.139. The van der Waals surface area contributed by atoms with E-state index in [1.807, 2.05) is 25.1 Å². The van der Waals surface area contributed by atoms with Gasteiger partial charge >= 0.3 is 5.97 Å². The third-order valence-corrected chi connectivity index (χ3v) is 2.41. The summed E-state index contributed by atoms with van der Waals surface area (Å²) in [5, 5.41) is 0. The first kappa shape index (κ1) is 14.9. The lowest BCUT2D eigenvalue weighted by Gasteiger charge is -2.09. The van der Waals surface area contributed by atoms with E-state index in [9.17, 15) is 9.59 Å². The molecule has 19 heavy (non-hydrogen) atoms. The van der Waals surface area contributed by atoms with Gasteiger partial charge in [-0.25, -0.2) is 5.48 Å². The lowest BCUT2D eigenvalue weighted by atomic mass is 10.0. The first-order chi connectivity index (χ1) is 9.06. The zero-order chi connectivity index (χ0) is 14.3. The van der Waals surface area contributed by atoms with Gasteiger partial charge in [-0.3, -0.25) is 14.4 Å². The second-order valence-electron chi connectivity index (χ2n) is 3.88. The summed E-state index contributed by atoms with van der Waals surface area (Å²) < 4.78 is 4.79. The van der Waals surface area contributed by atoms with E-state index >= 15 is 0 Å². The topological polar surface area (TPSA) is 64.6 Å². The Kier molecular flexibility index (Phi) is 5.75. The van der Waals surface area contributed by atoms with Crippen LogP contribution in [0.15, 0.2) is 24.3 Å². The predicted octanol–water partition coefficient (Wildman–Crippen LogP) is 1.86. The number of hydrogen-bond acceptors (Lipinski definition) is 4. The summed E-state index contributed by atoms with van der Waals surface area (Å²) in [5.41, 5.74) is 4.40. The molecule has 102 valence electrons. The molecule has 1 aromatic rings. The predicted molar refractivity (Wildman–Crippen MR) is 71.3 cm³/mol. The number of aryl methyl sites for hydroxylation is 1. The molecule has 0 aromatic heterocycles. The first-order valence-corrected chi connectivity index (χ1v) is 5.79. The van der Waals surface area contributed by atoms with Crippen LogP contribution in [0, 0.1) is 6.92 Å². The summed E-state index contributed by atoms with van der Waals surface area (Å²) in [6.45, 7) is 3.36. The summed E-state index contributed by atoms with van der Waals surface area (Å²) in [5.74, 6) is -0.654. The molecule has 0 aliphatic carbocycles. The minimum atomic E-state index is -0.341. The Labute approximate surface area is 112 Å². The maximum Gasteiger partial charge on any atom is 0.302 e. The van der Waals surface area contributed by atoms with Gasteiger partial charge in [-0.2, -0.15) is 0 Å². The van der Waals surface area contributed by atoms with Crippen LogP contribution >= 0.6 is 0 Å². The van der Waals surface area contributed by atoms with Crippen molar-refractivity contribution >= 4 is 18.0 Å². The molecule has 0 aliphatic heterocycles. The Morgan fingerprint density at radius 1 is 1.37 bits per heavy atom. The lowest BCUT2D eigenvalue weighted by Crippen LogP contribution is -2.23. The van der Waals surface area contributed by atoms with E-state index in [1.54, 1.807) is 12.2 Å². The number of rotatable bonds is 5. The molecule has 0 spiro atoms. The highest BCUT2D eigenvalue weighted by atomic mass is 16.6. The Morgan fingerprint density at radius 3 is 2.74 bits per heavy atom. The van der Waals surface area contributed by atoms with Crippen LogP contribution in [-0.2, 0) is 14.4 Å². The molecule has 1 aromatic carbocycles. The van der Waals surface area contributed by atoms with Gasteiger partial charge in [-0.1, -0.05) is 24.3 Å². The average molecular weight is 263 g/mol. The van der Waals surface area contributed by atoms with Crippen molar-refractivity contribution in [2.24, 2.45) is 0 Å². The quantitative estimate of drug-likeness (QED) is 0.650. The van der Waals surface area contributed by atoms with Crippen LogP contribution in [-0.4, -0.2) is 25.6 Å². The molecule has 1 rings (SSSR count). The fourth-order valence-electron chi connectivity index (χ4n) is 1.62. The van der Waals surface area contributed by atoms with Gasteiger partial charge in [-0.15, -0.1) is 0 Å². The molecule has 0 bridgehead atoms. The highest BCUT2D eigenvalue weighted by Crippen LogP contribution is 2.15. The summed E-state index contributed by atoms with van der Waals surface area (Å²) in [7, 11) is 1.38. The van der Waals surface area contributed by atoms with Crippen LogP contribution in [0.25, 0.3) is 6.08 Å². The molecule has 0 unspecified atom stereocenters. The van der Waals surface area contributed by atoms with Gasteiger partial charge in [0.2, 0.25) is 0 Å². The molecule has 0 saturated heterocycles. The van der Waals surface area contributed by atoms with Crippen molar-refractivity contribution in [1.29, 1.82) is 0 Å². The fraction of sp³-hybridized carbons (Fsp3) is 0.286. The van der Waals surface area contributed by atoms with E-state index in [2.05, 4.69) is 10.3 Å². The van der Waals surface area contributed by atoms with Crippen LogP contribution in [0.1, 0.15) is 28.4 Å². The molecule has 0 fully saturated rings. The van der Waals surface area contributed by atoms with Crippen molar-refractivity contribution in [2.45, 2.75) is 13.8 Å². The van der Waals surface area contributed by atoms with Gasteiger partial charge in [0.1, 0.15) is 6.61 Å². The van der Waals surface area contributed by atoms with E-state index in [0.717, 1.165) is 11.1 Å². The third kappa shape index (κ3) is 4.56. The largest absolute Gasteiger partial charge is 0.462 e.